The van der Waals surface area contributed by atoms with Crippen LogP contribution in [0.25, 0.3) is 11.0 Å². The topological polar surface area (TPSA) is 59.7 Å². The van der Waals surface area contributed by atoms with E-state index in [-0.39, 0.29) is 11.9 Å². The fourth-order valence-corrected chi connectivity index (χ4v) is 1.62. The molecule has 4 nitrogen and oxygen atoms in total. The number of hydrogen-bond donors (Lipinski definition) is 1. The lowest BCUT2D eigenvalue weighted by Gasteiger charge is -2.17. The Morgan fingerprint density at radius 2 is 2.06 bits per heavy atom. The minimum atomic E-state index is -0.422. The summed E-state index contributed by atoms with van der Waals surface area (Å²) in [5.74, 6) is 0.369. The standard InChI is InChI=1S/C13H13IO4/c1-7(14)8(2)17-12-6-11-9(5-10(12)15)3-4-13(16)18-11/h3-8,15H,1-2H3. The van der Waals surface area contributed by atoms with Crippen LogP contribution < -0.4 is 10.4 Å². The monoisotopic (exact) mass is 360 g/mol. The van der Waals surface area contributed by atoms with Gasteiger partial charge in [-0.05, 0) is 26.0 Å². The summed E-state index contributed by atoms with van der Waals surface area (Å²) in [7, 11) is 0. The molecule has 1 heterocycles. The minimum Gasteiger partial charge on any atom is -0.504 e. The van der Waals surface area contributed by atoms with Gasteiger partial charge in [-0.2, -0.15) is 0 Å². The first-order chi connectivity index (χ1) is 8.47. The van der Waals surface area contributed by atoms with Gasteiger partial charge in [-0.3, -0.25) is 0 Å². The van der Waals surface area contributed by atoms with E-state index in [1.807, 2.05) is 13.8 Å². The number of benzene rings is 1. The molecule has 0 aliphatic carbocycles. The van der Waals surface area contributed by atoms with Crippen LogP contribution in [0.2, 0.25) is 0 Å². The maximum absolute atomic E-state index is 11.1. The molecule has 0 bridgehead atoms. The van der Waals surface area contributed by atoms with Gasteiger partial charge < -0.3 is 14.3 Å². The Morgan fingerprint density at radius 3 is 2.72 bits per heavy atom. The molecule has 2 atom stereocenters. The molecule has 0 aliphatic heterocycles. The molecule has 0 aliphatic rings. The lowest BCUT2D eigenvalue weighted by atomic mass is 10.2. The van der Waals surface area contributed by atoms with E-state index < -0.39 is 5.63 Å². The molecule has 18 heavy (non-hydrogen) atoms. The molecular weight excluding hydrogens is 347 g/mol. The largest absolute Gasteiger partial charge is 0.504 e. The second-order valence-electron chi connectivity index (χ2n) is 4.11. The van der Waals surface area contributed by atoms with Crippen LogP contribution in [0.15, 0.2) is 33.5 Å². The van der Waals surface area contributed by atoms with Crippen LogP contribution >= 0.6 is 22.6 Å². The van der Waals surface area contributed by atoms with E-state index in [0.29, 0.717) is 20.6 Å². The zero-order valence-electron chi connectivity index (χ0n) is 10.0. The Kier molecular flexibility index (Phi) is 3.79. The molecule has 96 valence electrons. The summed E-state index contributed by atoms with van der Waals surface area (Å²) in [6, 6.07) is 5.99. The molecule has 1 aromatic carbocycles. The SMILES string of the molecule is CC(I)C(C)Oc1cc2oc(=O)ccc2cc1O. The number of phenols is 1. The number of phenolic OH excluding ortho intramolecular Hbond substituents is 1. The number of aromatic hydroxyl groups is 1. The first-order valence-corrected chi connectivity index (χ1v) is 6.79. The average Bonchev–Trinajstić information content (AvgIpc) is 2.30. The number of ether oxygens (including phenoxy) is 1. The molecule has 2 rings (SSSR count). The van der Waals surface area contributed by atoms with Gasteiger partial charge >= 0.3 is 5.63 Å². The second kappa shape index (κ2) is 5.17. The first-order valence-electron chi connectivity index (χ1n) is 5.55. The van der Waals surface area contributed by atoms with E-state index in [9.17, 15) is 9.90 Å². The second-order valence-corrected chi connectivity index (χ2v) is 6.08. The Hall–Kier alpha value is -1.24. The molecule has 0 fully saturated rings. The molecule has 5 heteroatoms. The summed E-state index contributed by atoms with van der Waals surface area (Å²) in [6.07, 6.45) is -0.0515. The number of fused-ring (bicyclic) bond motifs is 1. The lowest BCUT2D eigenvalue weighted by molar-refractivity contribution is 0.218. The Labute approximate surface area is 118 Å². The summed E-state index contributed by atoms with van der Waals surface area (Å²) in [5.41, 5.74) is -0.0157. The summed E-state index contributed by atoms with van der Waals surface area (Å²) in [4.78, 5) is 11.1. The number of rotatable bonds is 3. The van der Waals surface area contributed by atoms with Crippen molar-refractivity contribution >= 4 is 33.6 Å². The molecule has 2 aromatic rings. The normalized spacial score (nSPS) is 14.4. The molecule has 1 aromatic heterocycles. The van der Waals surface area contributed by atoms with E-state index >= 15 is 0 Å². The Bertz CT molecular complexity index is 618. The Morgan fingerprint density at radius 1 is 1.33 bits per heavy atom. The molecule has 0 amide bonds. The highest BCUT2D eigenvalue weighted by Gasteiger charge is 2.14. The predicted molar refractivity (Wildman–Crippen MR) is 77.7 cm³/mol. The van der Waals surface area contributed by atoms with Crippen molar-refractivity contribution in [1.82, 2.24) is 0 Å². The molecule has 0 radical (unpaired) electrons. The van der Waals surface area contributed by atoms with Gasteiger partial charge in [-0.1, -0.05) is 22.6 Å². The third kappa shape index (κ3) is 2.77. The Balaban J connectivity index is 2.45. The summed E-state index contributed by atoms with van der Waals surface area (Å²) in [5, 5.41) is 10.5. The molecule has 0 saturated carbocycles. The van der Waals surface area contributed by atoms with Crippen LogP contribution in [0.1, 0.15) is 13.8 Å². The van der Waals surface area contributed by atoms with Crippen LogP contribution in [0.3, 0.4) is 0 Å². The fraction of sp³-hybridized carbons (Fsp3) is 0.308. The van der Waals surface area contributed by atoms with Gasteiger partial charge in [0.15, 0.2) is 11.5 Å². The van der Waals surface area contributed by atoms with E-state index in [4.69, 9.17) is 9.15 Å². The van der Waals surface area contributed by atoms with Gasteiger partial charge in [-0.15, -0.1) is 0 Å². The lowest BCUT2D eigenvalue weighted by Crippen LogP contribution is -2.20. The number of hydrogen-bond acceptors (Lipinski definition) is 4. The van der Waals surface area contributed by atoms with Gasteiger partial charge in [0.2, 0.25) is 0 Å². The summed E-state index contributed by atoms with van der Waals surface area (Å²) in [6.45, 7) is 3.94. The van der Waals surface area contributed by atoms with Gasteiger partial charge in [0, 0.05) is 21.4 Å². The van der Waals surface area contributed by atoms with Crippen LogP contribution in [0.4, 0.5) is 0 Å². The van der Waals surface area contributed by atoms with Gasteiger partial charge in [0.25, 0.3) is 0 Å². The third-order valence-electron chi connectivity index (χ3n) is 2.66. The van der Waals surface area contributed by atoms with Crippen molar-refractivity contribution in [3.8, 4) is 11.5 Å². The van der Waals surface area contributed by atoms with E-state index in [0.717, 1.165) is 0 Å². The van der Waals surface area contributed by atoms with Gasteiger partial charge in [0.05, 0.1) is 0 Å². The van der Waals surface area contributed by atoms with Crippen molar-refractivity contribution in [2.24, 2.45) is 0 Å². The van der Waals surface area contributed by atoms with Gasteiger partial charge in [-0.25, -0.2) is 4.79 Å². The van der Waals surface area contributed by atoms with Gasteiger partial charge in [0.1, 0.15) is 11.7 Å². The summed E-state index contributed by atoms with van der Waals surface area (Å²) < 4.78 is 11.0. The molecule has 1 N–H and O–H groups in total. The van der Waals surface area contributed by atoms with Crippen molar-refractivity contribution in [3.05, 3.63) is 34.7 Å². The molecule has 0 spiro atoms. The van der Waals surface area contributed by atoms with Crippen LogP contribution in [0.5, 0.6) is 11.5 Å². The third-order valence-corrected chi connectivity index (χ3v) is 3.67. The smallest absolute Gasteiger partial charge is 0.336 e. The maximum atomic E-state index is 11.1. The van der Waals surface area contributed by atoms with Crippen molar-refractivity contribution in [2.75, 3.05) is 0 Å². The molecule has 2 unspecified atom stereocenters. The molecular formula is C13H13IO4. The van der Waals surface area contributed by atoms with Crippen LogP contribution in [-0.4, -0.2) is 15.1 Å². The highest BCUT2D eigenvalue weighted by Crippen LogP contribution is 2.32. The minimum absolute atomic E-state index is 0.0419. The summed E-state index contributed by atoms with van der Waals surface area (Å²) >= 11 is 2.25. The van der Waals surface area contributed by atoms with Crippen LogP contribution in [0, 0.1) is 0 Å². The van der Waals surface area contributed by atoms with Crippen molar-refractivity contribution < 1.29 is 14.3 Å². The van der Waals surface area contributed by atoms with Crippen molar-refractivity contribution in [1.29, 1.82) is 0 Å². The average molecular weight is 360 g/mol. The van der Waals surface area contributed by atoms with E-state index in [1.54, 1.807) is 12.1 Å². The number of halogens is 1. The highest BCUT2D eigenvalue weighted by molar-refractivity contribution is 14.1. The number of alkyl halides is 1. The predicted octanol–water partition coefficient (Wildman–Crippen LogP) is 3.09. The van der Waals surface area contributed by atoms with Crippen molar-refractivity contribution in [2.45, 2.75) is 23.9 Å². The fourth-order valence-electron chi connectivity index (χ4n) is 1.47. The first kappa shape index (κ1) is 13.2. The quantitative estimate of drug-likeness (QED) is 0.519. The maximum Gasteiger partial charge on any atom is 0.336 e. The van der Waals surface area contributed by atoms with E-state index in [1.165, 1.54) is 12.1 Å². The van der Waals surface area contributed by atoms with Crippen LogP contribution in [-0.2, 0) is 0 Å². The van der Waals surface area contributed by atoms with E-state index in [2.05, 4.69) is 22.6 Å². The van der Waals surface area contributed by atoms with Crippen molar-refractivity contribution in [3.63, 3.8) is 0 Å². The zero-order valence-corrected chi connectivity index (χ0v) is 12.2. The molecule has 0 saturated heterocycles. The zero-order chi connectivity index (χ0) is 13.3. The highest BCUT2D eigenvalue weighted by atomic mass is 127.